The van der Waals surface area contributed by atoms with E-state index in [1.165, 1.54) is 31.3 Å². The first-order chi connectivity index (χ1) is 11.6. The van der Waals surface area contributed by atoms with Gasteiger partial charge < -0.3 is 20.1 Å². The lowest BCUT2D eigenvalue weighted by molar-refractivity contribution is 0.237. The zero-order valence-electron chi connectivity index (χ0n) is 14.9. The Kier molecular flexibility index (Phi) is 6.97. The molecule has 0 bridgehead atoms. The monoisotopic (exact) mass is 332 g/mol. The van der Waals surface area contributed by atoms with E-state index < -0.39 is 0 Å². The number of hydrogen-bond donors (Lipinski definition) is 2. The summed E-state index contributed by atoms with van der Waals surface area (Å²) in [5, 5.41) is 5.89. The van der Waals surface area contributed by atoms with Crippen LogP contribution in [-0.2, 0) is 0 Å². The molecule has 1 unspecified atom stereocenters. The van der Waals surface area contributed by atoms with Crippen LogP contribution >= 0.6 is 0 Å². The molecule has 24 heavy (non-hydrogen) atoms. The van der Waals surface area contributed by atoms with Gasteiger partial charge in [-0.05, 0) is 57.2 Å². The molecule has 1 aliphatic carbocycles. The maximum atomic E-state index is 12.1. The fourth-order valence-corrected chi connectivity index (χ4v) is 2.97. The van der Waals surface area contributed by atoms with Gasteiger partial charge in [-0.3, -0.25) is 0 Å². The molecular weight excluding hydrogens is 304 g/mol. The smallest absolute Gasteiger partial charge is 0.315 e. The quantitative estimate of drug-likeness (QED) is 0.743. The van der Waals surface area contributed by atoms with Gasteiger partial charge in [0.15, 0.2) is 0 Å². The molecule has 2 amide bonds. The summed E-state index contributed by atoms with van der Waals surface area (Å²) in [4.78, 5) is 12.1. The Morgan fingerprint density at radius 1 is 1.25 bits per heavy atom. The molecule has 1 aromatic rings. The highest BCUT2D eigenvalue weighted by Crippen LogP contribution is 2.29. The van der Waals surface area contributed by atoms with Crippen molar-refractivity contribution in [3.05, 3.63) is 35.4 Å². The topological polar surface area (TPSA) is 59.6 Å². The first-order valence-electron chi connectivity index (χ1n) is 8.58. The predicted molar refractivity (Wildman–Crippen MR) is 95.7 cm³/mol. The van der Waals surface area contributed by atoms with E-state index in [4.69, 9.17) is 9.47 Å². The minimum atomic E-state index is -0.177. The summed E-state index contributed by atoms with van der Waals surface area (Å²) >= 11 is 0. The molecule has 1 aromatic carbocycles. The number of methoxy groups -OCH3 is 2. The highest BCUT2D eigenvalue weighted by molar-refractivity contribution is 5.74. The number of carbonyl (C=O) groups is 1. The minimum absolute atomic E-state index is 0.163. The van der Waals surface area contributed by atoms with Crippen LogP contribution in [0.25, 0.3) is 0 Å². The van der Waals surface area contributed by atoms with Gasteiger partial charge in [0.05, 0.1) is 20.3 Å². The van der Waals surface area contributed by atoms with Crippen molar-refractivity contribution in [3.63, 3.8) is 0 Å². The molecule has 2 N–H and O–H groups in total. The van der Waals surface area contributed by atoms with Crippen molar-refractivity contribution in [3.8, 4) is 11.5 Å². The number of rotatable bonds is 7. The van der Waals surface area contributed by atoms with Gasteiger partial charge >= 0.3 is 6.03 Å². The lowest BCUT2D eigenvalue weighted by Crippen LogP contribution is -2.37. The highest BCUT2D eigenvalue weighted by atomic mass is 16.5. The van der Waals surface area contributed by atoms with Gasteiger partial charge in [0, 0.05) is 12.1 Å². The van der Waals surface area contributed by atoms with Gasteiger partial charge in [0.2, 0.25) is 0 Å². The van der Waals surface area contributed by atoms with Gasteiger partial charge in [-0.2, -0.15) is 0 Å². The molecule has 2 rings (SSSR count). The molecule has 1 aliphatic rings. The second-order valence-electron chi connectivity index (χ2n) is 6.09. The molecule has 0 radical (unpaired) electrons. The van der Waals surface area contributed by atoms with Crippen molar-refractivity contribution in [1.29, 1.82) is 0 Å². The molecule has 0 spiro atoms. The van der Waals surface area contributed by atoms with Crippen molar-refractivity contribution in [2.24, 2.45) is 0 Å². The van der Waals surface area contributed by atoms with E-state index in [9.17, 15) is 4.79 Å². The molecular formula is C19H28N2O3. The van der Waals surface area contributed by atoms with E-state index in [1.807, 2.05) is 25.1 Å². The number of benzene rings is 1. The lowest BCUT2D eigenvalue weighted by atomic mass is 9.97. The third-order valence-corrected chi connectivity index (χ3v) is 4.37. The number of nitrogens with one attached hydrogen (secondary N) is 2. The number of amides is 2. The largest absolute Gasteiger partial charge is 0.497 e. The summed E-state index contributed by atoms with van der Waals surface area (Å²) in [5.41, 5.74) is 2.35. The molecule has 0 saturated carbocycles. The van der Waals surface area contributed by atoms with Crippen LogP contribution in [0.3, 0.4) is 0 Å². The zero-order chi connectivity index (χ0) is 17.4. The molecule has 0 saturated heterocycles. The second kappa shape index (κ2) is 9.21. The van der Waals surface area contributed by atoms with E-state index in [0.717, 1.165) is 23.5 Å². The number of ether oxygens (including phenoxy) is 2. The van der Waals surface area contributed by atoms with E-state index >= 15 is 0 Å². The van der Waals surface area contributed by atoms with Gasteiger partial charge in [0.1, 0.15) is 11.5 Å². The van der Waals surface area contributed by atoms with Crippen molar-refractivity contribution in [2.75, 3.05) is 20.8 Å². The van der Waals surface area contributed by atoms with Crippen LogP contribution in [0.5, 0.6) is 11.5 Å². The molecule has 0 aliphatic heterocycles. The maximum Gasteiger partial charge on any atom is 0.315 e. The van der Waals surface area contributed by atoms with Gasteiger partial charge in [-0.15, -0.1) is 0 Å². The Hall–Kier alpha value is -2.17. The molecule has 132 valence electrons. The number of urea groups is 1. The van der Waals surface area contributed by atoms with Crippen molar-refractivity contribution >= 4 is 6.03 Å². The minimum Gasteiger partial charge on any atom is -0.497 e. The van der Waals surface area contributed by atoms with E-state index in [1.54, 1.807) is 14.2 Å². The summed E-state index contributed by atoms with van der Waals surface area (Å²) in [6.07, 6.45) is 8.15. The van der Waals surface area contributed by atoms with Crippen LogP contribution in [0.2, 0.25) is 0 Å². The van der Waals surface area contributed by atoms with Crippen LogP contribution in [0.15, 0.2) is 29.8 Å². The van der Waals surface area contributed by atoms with Gasteiger partial charge in [-0.1, -0.05) is 11.6 Å². The number of hydrogen-bond acceptors (Lipinski definition) is 3. The fourth-order valence-electron chi connectivity index (χ4n) is 2.97. The lowest BCUT2D eigenvalue weighted by Gasteiger charge is -2.19. The second-order valence-corrected chi connectivity index (χ2v) is 6.09. The summed E-state index contributed by atoms with van der Waals surface area (Å²) in [5.74, 6) is 1.47. The summed E-state index contributed by atoms with van der Waals surface area (Å²) < 4.78 is 10.6. The normalized spacial score (nSPS) is 15.2. The van der Waals surface area contributed by atoms with E-state index in [-0.39, 0.29) is 12.1 Å². The van der Waals surface area contributed by atoms with Crippen molar-refractivity contribution in [1.82, 2.24) is 10.6 Å². The van der Waals surface area contributed by atoms with E-state index in [0.29, 0.717) is 6.54 Å². The summed E-state index contributed by atoms with van der Waals surface area (Å²) in [7, 11) is 3.24. The van der Waals surface area contributed by atoms with E-state index in [2.05, 4.69) is 16.7 Å². The van der Waals surface area contributed by atoms with Crippen molar-refractivity contribution in [2.45, 2.75) is 45.1 Å². The van der Waals surface area contributed by atoms with Crippen molar-refractivity contribution < 1.29 is 14.3 Å². The number of carbonyl (C=O) groups excluding carboxylic acids is 1. The van der Waals surface area contributed by atoms with Crippen LogP contribution in [-0.4, -0.2) is 26.8 Å². The molecule has 5 nitrogen and oxygen atoms in total. The Morgan fingerprint density at radius 3 is 2.75 bits per heavy atom. The fraction of sp³-hybridized carbons (Fsp3) is 0.526. The Bertz CT molecular complexity index is 584. The predicted octanol–water partition coefficient (Wildman–Crippen LogP) is 3.95. The molecule has 5 heteroatoms. The molecule has 0 aromatic heterocycles. The summed E-state index contributed by atoms with van der Waals surface area (Å²) in [6, 6.07) is 5.23. The van der Waals surface area contributed by atoms with Gasteiger partial charge in [0.25, 0.3) is 0 Å². The molecule has 1 atom stereocenters. The van der Waals surface area contributed by atoms with Crippen LogP contribution < -0.4 is 20.1 Å². The molecule has 0 fully saturated rings. The van der Waals surface area contributed by atoms with Crippen LogP contribution in [0.1, 0.15) is 50.6 Å². The highest BCUT2D eigenvalue weighted by Gasteiger charge is 2.15. The third-order valence-electron chi connectivity index (χ3n) is 4.37. The first kappa shape index (κ1) is 18.2. The standard InChI is InChI=1S/C19H28N2O3/c1-14(17-13-16(23-2)9-10-18(17)24-3)21-19(22)20-12-11-15-7-5-4-6-8-15/h7,9-10,13-14H,4-6,8,11-12H2,1-3H3,(H2,20,21,22). The molecule has 0 heterocycles. The average Bonchev–Trinajstić information content (AvgIpc) is 2.62. The Balaban J connectivity index is 1.85. The van der Waals surface area contributed by atoms with Crippen LogP contribution in [0, 0.1) is 0 Å². The maximum absolute atomic E-state index is 12.1. The van der Waals surface area contributed by atoms with Crippen LogP contribution in [0.4, 0.5) is 4.79 Å². The Morgan fingerprint density at radius 2 is 2.08 bits per heavy atom. The average molecular weight is 332 g/mol. The SMILES string of the molecule is COc1ccc(OC)c(C(C)NC(=O)NCCC2=CCCCC2)c1. The Labute approximate surface area is 144 Å². The van der Waals surface area contributed by atoms with Gasteiger partial charge in [-0.25, -0.2) is 4.79 Å². The summed E-state index contributed by atoms with van der Waals surface area (Å²) in [6.45, 7) is 2.60. The third kappa shape index (κ3) is 5.18. The number of allylic oxidation sites excluding steroid dienone is 1. The zero-order valence-corrected chi connectivity index (χ0v) is 14.9. The first-order valence-corrected chi connectivity index (χ1v) is 8.58.